The minimum Gasteiger partial charge on any atom is -0.508 e. The topological polar surface area (TPSA) is 67.3 Å². The summed E-state index contributed by atoms with van der Waals surface area (Å²) in [7, 11) is 1.58. The van der Waals surface area contributed by atoms with Crippen LogP contribution in [0.3, 0.4) is 0 Å². The molecule has 0 spiro atoms. The summed E-state index contributed by atoms with van der Waals surface area (Å²) in [6.07, 6.45) is 0. The summed E-state index contributed by atoms with van der Waals surface area (Å²) in [5.41, 5.74) is 2.14. The number of phenols is 1. The van der Waals surface area contributed by atoms with Crippen molar-refractivity contribution >= 4 is 5.82 Å². The van der Waals surface area contributed by atoms with Gasteiger partial charge in [-0.1, -0.05) is 0 Å². The summed E-state index contributed by atoms with van der Waals surface area (Å²) < 4.78 is 18.2. The molecular weight excluding hydrogens is 321 g/mol. The van der Waals surface area contributed by atoms with E-state index in [0.717, 1.165) is 5.56 Å². The number of nitrogens with zero attached hydrogens (tertiary/aromatic N) is 2. The van der Waals surface area contributed by atoms with E-state index in [2.05, 4.69) is 15.5 Å². The molecule has 5 nitrogen and oxygen atoms in total. The van der Waals surface area contributed by atoms with Crippen LogP contribution in [0.4, 0.5) is 10.2 Å². The van der Waals surface area contributed by atoms with Crippen molar-refractivity contribution in [1.29, 1.82) is 0 Å². The molecule has 0 amide bonds. The molecule has 0 fully saturated rings. The second-order valence-electron chi connectivity index (χ2n) is 5.60. The fourth-order valence-corrected chi connectivity index (χ4v) is 2.49. The van der Waals surface area contributed by atoms with Crippen molar-refractivity contribution in [1.82, 2.24) is 10.2 Å². The van der Waals surface area contributed by atoms with Crippen LogP contribution in [0.1, 0.15) is 18.5 Å². The predicted molar refractivity (Wildman–Crippen MR) is 94.1 cm³/mol. The Morgan fingerprint density at radius 1 is 1.04 bits per heavy atom. The number of methoxy groups -OCH3 is 1. The lowest BCUT2D eigenvalue weighted by molar-refractivity contribution is 0.410. The van der Waals surface area contributed by atoms with Gasteiger partial charge in [0.2, 0.25) is 0 Å². The Hall–Kier alpha value is -3.15. The molecule has 0 aliphatic heterocycles. The van der Waals surface area contributed by atoms with Crippen molar-refractivity contribution in [2.45, 2.75) is 13.0 Å². The molecule has 0 aliphatic carbocycles. The molecule has 0 bridgehead atoms. The minimum atomic E-state index is -0.290. The maximum Gasteiger partial charge on any atom is 0.149 e. The van der Waals surface area contributed by atoms with E-state index in [1.807, 2.05) is 6.92 Å². The van der Waals surface area contributed by atoms with E-state index < -0.39 is 0 Å². The summed E-state index contributed by atoms with van der Waals surface area (Å²) in [4.78, 5) is 0. The van der Waals surface area contributed by atoms with Crippen LogP contribution in [-0.4, -0.2) is 22.4 Å². The summed E-state index contributed by atoms with van der Waals surface area (Å²) in [5, 5.41) is 21.5. The first-order valence-electron chi connectivity index (χ1n) is 7.80. The third-order valence-electron chi connectivity index (χ3n) is 3.87. The smallest absolute Gasteiger partial charge is 0.149 e. The van der Waals surface area contributed by atoms with Crippen molar-refractivity contribution < 1.29 is 14.2 Å². The van der Waals surface area contributed by atoms with Gasteiger partial charge in [0.05, 0.1) is 18.8 Å². The van der Waals surface area contributed by atoms with Crippen LogP contribution in [0.15, 0.2) is 54.6 Å². The Morgan fingerprint density at radius 2 is 1.80 bits per heavy atom. The van der Waals surface area contributed by atoms with Gasteiger partial charge in [0.15, 0.2) is 0 Å². The standard InChI is InChI=1S/C19H18FN3O2/c1-12(16-11-15(25-2)7-9-18(16)24)21-19-10-8-17(22-23-19)13-3-5-14(20)6-4-13/h3-12,24H,1-2H3,(H,21,23). The molecule has 2 aromatic carbocycles. The number of hydrogen-bond donors (Lipinski definition) is 2. The number of nitrogens with one attached hydrogen (secondary N) is 1. The van der Waals surface area contributed by atoms with Crippen LogP contribution < -0.4 is 10.1 Å². The average molecular weight is 339 g/mol. The fourth-order valence-electron chi connectivity index (χ4n) is 2.49. The zero-order valence-corrected chi connectivity index (χ0v) is 13.9. The van der Waals surface area contributed by atoms with Gasteiger partial charge in [-0.05, 0) is 61.5 Å². The highest BCUT2D eigenvalue weighted by Crippen LogP contribution is 2.30. The minimum absolute atomic E-state index is 0.177. The Balaban J connectivity index is 1.76. The molecular formula is C19H18FN3O2. The van der Waals surface area contributed by atoms with Crippen molar-refractivity contribution in [2.24, 2.45) is 0 Å². The number of anilines is 1. The first kappa shape index (κ1) is 16.7. The van der Waals surface area contributed by atoms with E-state index in [0.29, 0.717) is 22.8 Å². The first-order chi connectivity index (χ1) is 12.1. The Morgan fingerprint density at radius 3 is 2.44 bits per heavy atom. The van der Waals surface area contributed by atoms with Gasteiger partial charge in [-0.25, -0.2) is 4.39 Å². The summed E-state index contributed by atoms with van der Waals surface area (Å²) in [6.45, 7) is 1.91. The van der Waals surface area contributed by atoms with Gasteiger partial charge < -0.3 is 15.2 Å². The molecule has 0 saturated heterocycles. The van der Waals surface area contributed by atoms with E-state index in [9.17, 15) is 9.50 Å². The Labute approximate surface area is 145 Å². The van der Waals surface area contributed by atoms with Crippen LogP contribution in [0.2, 0.25) is 0 Å². The van der Waals surface area contributed by atoms with Crippen LogP contribution in [0.5, 0.6) is 11.5 Å². The van der Waals surface area contributed by atoms with Gasteiger partial charge in [0, 0.05) is 11.1 Å². The summed E-state index contributed by atoms with van der Waals surface area (Å²) >= 11 is 0. The number of hydrogen-bond acceptors (Lipinski definition) is 5. The van der Waals surface area contributed by atoms with E-state index in [1.54, 1.807) is 49.6 Å². The molecule has 6 heteroatoms. The zero-order valence-electron chi connectivity index (χ0n) is 13.9. The molecule has 25 heavy (non-hydrogen) atoms. The number of rotatable bonds is 5. The number of halogens is 1. The van der Waals surface area contributed by atoms with Crippen LogP contribution >= 0.6 is 0 Å². The molecule has 1 heterocycles. The summed E-state index contributed by atoms with van der Waals surface area (Å²) in [6, 6.07) is 14.5. The molecule has 1 unspecified atom stereocenters. The van der Waals surface area contributed by atoms with Crippen LogP contribution in [0.25, 0.3) is 11.3 Å². The predicted octanol–water partition coefficient (Wildman–Crippen LogP) is 4.17. The molecule has 128 valence electrons. The molecule has 0 radical (unpaired) electrons. The number of aromatic hydroxyl groups is 1. The van der Waals surface area contributed by atoms with Gasteiger partial charge >= 0.3 is 0 Å². The molecule has 0 saturated carbocycles. The van der Waals surface area contributed by atoms with E-state index >= 15 is 0 Å². The van der Waals surface area contributed by atoms with Crippen molar-refractivity contribution in [2.75, 3.05) is 12.4 Å². The highest BCUT2D eigenvalue weighted by molar-refractivity contribution is 5.59. The lowest BCUT2D eigenvalue weighted by Crippen LogP contribution is -2.09. The van der Waals surface area contributed by atoms with E-state index in [4.69, 9.17) is 4.74 Å². The first-order valence-corrected chi connectivity index (χ1v) is 7.80. The molecule has 3 aromatic rings. The third kappa shape index (κ3) is 3.85. The van der Waals surface area contributed by atoms with Gasteiger partial charge in [-0.2, -0.15) is 0 Å². The Bertz CT molecular complexity index is 852. The van der Waals surface area contributed by atoms with Gasteiger partial charge in [-0.15, -0.1) is 10.2 Å². The molecule has 3 rings (SSSR count). The van der Waals surface area contributed by atoms with Crippen LogP contribution in [0, 0.1) is 5.82 Å². The van der Waals surface area contributed by atoms with Gasteiger partial charge in [0.25, 0.3) is 0 Å². The second-order valence-corrected chi connectivity index (χ2v) is 5.60. The van der Waals surface area contributed by atoms with Gasteiger partial charge in [0.1, 0.15) is 23.1 Å². The third-order valence-corrected chi connectivity index (χ3v) is 3.87. The molecule has 1 atom stereocenters. The number of phenolic OH excluding ortho intramolecular Hbond substituents is 1. The number of aromatic nitrogens is 2. The largest absolute Gasteiger partial charge is 0.508 e. The Kier molecular flexibility index (Phi) is 4.79. The molecule has 0 aliphatic rings. The van der Waals surface area contributed by atoms with Crippen LogP contribution in [-0.2, 0) is 0 Å². The van der Waals surface area contributed by atoms with Crippen molar-refractivity contribution in [3.8, 4) is 22.8 Å². The highest BCUT2D eigenvalue weighted by Gasteiger charge is 2.12. The van der Waals surface area contributed by atoms with Gasteiger partial charge in [-0.3, -0.25) is 0 Å². The highest BCUT2D eigenvalue weighted by atomic mass is 19.1. The maximum absolute atomic E-state index is 13.0. The quantitative estimate of drug-likeness (QED) is 0.730. The maximum atomic E-state index is 13.0. The van der Waals surface area contributed by atoms with E-state index in [-0.39, 0.29) is 17.6 Å². The van der Waals surface area contributed by atoms with Crippen molar-refractivity contribution in [3.05, 3.63) is 66.0 Å². The summed E-state index contributed by atoms with van der Waals surface area (Å²) in [5.74, 6) is 1.12. The lowest BCUT2D eigenvalue weighted by Gasteiger charge is -2.17. The number of benzene rings is 2. The number of ether oxygens (including phenoxy) is 1. The monoisotopic (exact) mass is 339 g/mol. The van der Waals surface area contributed by atoms with E-state index in [1.165, 1.54) is 12.1 Å². The second kappa shape index (κ2) is 7.17. The lowest BCUT2D eigenvalue weighted by atomic mass is 10.1. The molecule has 2 N–H and O–H groups in total. The SMILES string of the molecule is COc1ccc(O)c(C(C)Nc2ccc(-c3ccc(F)cc3)nn2)c1. The fraction of sp³-hybridized carbons (Fsp3) is 0.158. The van der Waals surface area contributed by atoms with Crippen molar-refractivity contribution in [3.63, 3.8) is 0 Å². The zero-order chi connectivity index (χ0) is 17.8. The average Bonchev–Trinajstić information content (AvgIpc) is 2.63. The molecule has 1 aromatic heterocycles. The normalized spacial score (nSPS) is 11.8.